The average Bonchev–Trinajstić information content (AvgIpc) is 2.57. The summed E-state index contributed by atoms with van der Waals surface area (Å²) in [6.45, 7) is 2.48. The van der Waals surface area contributed by atoms with E-state index in [0.717, 1.165) is 10.9 Å². The molecule has 3 rings (SSSR count). The van der Waals surface area contributed by atoms with Crippen LogP contribution in [0.15, 0.2) is 54.7 Å². The minimum Gasteiger partial charge on any atom is -0.492 e. The molecule has 5 heteroatoms. The summed E-state index contributed by atoms with van der Waals surface area (Å²) in [6, 6.07) is 14.2. The summed E-state index contributed by atoms with van der Waals surface area (Å²) < 4.78 is 5.59. The van der Waals surface area contributed by atoms with Gasteiger partial charge in [-0.3, -0.25) is 9.78 Å². The standard InChI is InChI=1S/C18H15ClN2O2/c1-2-23-16-9-8-15(14-7-4-10-20-17(14)16)21-18(22)12-5-3-6-13(19)11-12/h3-11H,2H2,1H3,(H,21,22). The largest absolute Gasteiger partial charge is 0.492 e. The maximum absolute atomic E-state index is 12.4. The average molecular weight is 327 g/mol. The monoisotopic (exact) mass is 326 g/mol. The Morgan fingerprint density at radius 1 is 1.22 bits per heavy atom. The Kier molecular flexibility index (Phi) is 4.44. The normalized spacial score (nSPS) is 10.5. The summed E-state index contributed by atoms with van der Waals surface area (Å²) >= 11 is 5.94. The lowest BCUT2D eigenvalue weighted by Gasteiger charge is -2.12. The first-order valence-electron chi connectivity index (χ1n) is 7.26. The molecule has 0 unspecified atom stereocenters. The Balaban J connectivity index is 1.97. The van der Waals surface area contributed by atoms with Gasteiger partial charge in [-0.25, -0.2) is 0 Å². The van der Waals surface area contributed by atoms with Gasteiger partial charge < -0.3 is 10.1 Å². The van der Waals surface area contributed by atoms with Crippen LogP contribution in [0.2, 0.25) is 5.02 Å². The SMILES string of the molecule is CCOc1ccc(NC(=O)c2cccc(Cl)c2)c2cccnc12. The molecule has 2 aromatic carbocycles. The van der Waals surface area contributed by atoms with E-state index in [4.69, 9.17) is 16.3 Å². The van der Waals surface area contributed by atoms with Gasteiger partial charge in [0, 0.05) is 22.2 Å². The summed E-state index contributed by atoms with van der Waals surface area (Å²) in [5, 5.41) is 4.26. The van der Waals surface area contributed by atoms with Crippen LogP contribution in [0, 0.1) is 0 Å². The first kappa shape index (κ1) is 15.3. The number of hydrogen-bond donors (Lipinski definition) is 1. The maximum atomic E-state index is 12.4. The Bertz CT molecular complexity index is 865. The van der Waals surface area contributed by atoms with Gasteiger partial charge >= 0.3 is 0 Å². The summed E-state index contributed by atoms with van der Waals surface area (Å²) in [5.41, 5.74) is 1.91. The zero-order chi connectivity index (χ0) is 16.2. The third-order valence-corrected chi connectivity index (χ3v) is 3.60. The Labute approximate surface area is 139 Å². The molecule has 0 aliphatic rings. The fourth-order valence-corrected chi connectivity index (χ4v) is 2.54. The molecular formula is C18H15ClN2O2. The van der Waals surface area contributed by atoms with Crippen LogP contribution in [0.1, 0.15) is 17.3 Å². The molecule has 1 heterocycles. The summed E-state index contributed by atoms with van der Waals surface area (Å²) in [7, 11) is 0. The number of ether oxygens (including phenoxy) is 1. The summed E-state index contributed by atoms with van der Waals surface area (Å²) in [5.74, 6) is 0.477. The number of fused-ring (bicyclic) bond motifs is 1. The number of benzene rings is 2. The van der Waals surface area contributed by atoms with Gasteiger partial charge in [-0.15, -0.1) is 0 Å². The molecule has 0 fully saturated rings. The highest BCUT2D eigenvalue weighted by atomic mass is 35.5. The number of halogens is 1. The van der Waals surface area contributed by atoms with Crippen LogP contribution in [-0.4, -0.2) is 17.5 Å². The fraction of sp³-hybridized carbons (Fsp3) is 0.111. The van der Waals surface area contributed by atoms with Gasteiger partial charge in [-0.2, -0.15) is 0 Å². The van der Waals surface area contributed by atoms with Crippen molar-refractivity contribution >= 4 is 34.1 Å². The molecule has 0 aliphatic heterocycles. The van der Waals surface area contributed by atoms with Crippen LogP contribution in [0.25, 0.3) is 10.9 Å². The molecule has 3 aromatic rings. The van der Waals surface area contributed by atoms with Crippen LogP contribution in [0.4, 0.5) is 5.69 Å². The molecule has 0 saturated heterocycles. The number of carbonyl (C=O) groups excluding carboxylic acids is 1. The second-order valence-electron chi connectivity index (χ2n) is 4.91. The lowest BCUT2D eigenvalue weighted by Crippen LogP contribution is -2.12. The summed E-state index contributed by atoms with van der Waals surface area (Å²) in [6.07, 6.45) is 1.70. The molecule has 0 spiro atoms. The van der Waals surface area contributed by atoms with Crippen LogP contribution in [0.3, 0.4) is 0 Å². The highest BCUT2D eigenvalue weighted by molar-refractivity contribution is 6.31. The number of carbonyl (C=O) groups is 1. The highest BCUT2D eigenvalue weighted by Gasteiger charge is 2.12. The first-order valence-corrected chi connectivity index (χ1v) is 7.64. The zero-order valence-electron chi connectivity index (χ0n) is 12.5. The van der Waals surface area contributed by atoms with E-state index in [2.05, 4.69) is 10.3 Å². The van der Waals surface area contributed by atoms with Gasteiger partial charge in [-0.05, 0) is 49.4 Å². The first-order chi connectivity index (χ1) is 11.2. The van der Waals surface area contributed by atoms with E-state index in [9.17, 15) is 4.79 Å². The third-order valence-electron chi connectivity index (χ3n) is 3.37. The quantitative estimate of drug-likeness (QED) is 0.765. The predicted octanol–water partition coefficient (Wildman–Crippen LogP) is 4.54. The second-order valence-corrected chi connectivity index (χ2v) is 5.34. The van der Waals surface area contributed by atoms with E-state index in [0.29, 0.717) is 28.6 Å². The lowest BCUT2D eigenvalue weighted by molar-refractivity contribution is 0.102. The predicted molar refractivity (Wildman–Crippen MR) is 92.3 cm³/mol. The van der Waals surface area contributed by atoms with Crippen molar-refractivity contribution in [1.29, 1.82) is 0 Å². The van der Waals surface area contributed by atoms with Crippen LogP contribution in [-0.2, 0) is 0 Å². The van der Waals surface area contributed by atoms with Crippen molar-refractivity contribution in [2.45, 2.75) is 6.92 Å². The molecule has 1 N–H and O–H groups in total. The molecule has 4 nitrogen and oxygen atoms in total. The number of hydrogen-bond acceptors (Lipinski definition) is 3. The molecular weight excluding hydrogens is 312 g/mol. The van der Waals surface area contributed by atoms with Crippen molar-refractivity contribution in [2.75, 3.05) is 11.9 Å². The molecule has 1 amide bonds. The molecule has 0 aliphatic carbocycles. The smallest absolute Gasteiger partial charge is 0.255 e. The topological polar surface area (TPSA) is 51.2 Å². The molecule has 0 radical (unpaired) electrons. The second kappa shape index (κ2) is 6.67. The van der Waals surface area contributed by atoms with Gasteiger partial charge in [0.05, 0.1) is 12.3 Å². The van der Waals surface area contributed by atoms with Gasteiger partial charge in [-0.1, -0.05) is 17.7 Å². The van der Waals surface area contributed by atoms with Crippen molar-refractivity contribution < 1.29 is 9.53 Å². The van der Waals surface area contributed by atoms with E-state index >= 15 is 0 Å². The van der Waals surface area contributed by atoms with Crippen molar-refractivity contribution in [3.8, 4) is 5.75 Å². The van der Waals surface area contributed by atoms with Crippen LogP contribution < -0.4 is 10.1 Å². The molecule has 0 bridgehead atoms. The lowest BCUT2D eigenvalue weighted by atomic mass is 10.1. The van der Waals surface area contributed by atoms with E-state index in [1.165, 1.54) is 0 Å². The number of anilines is 1. The van der Waals surface area contributed by atoms with Crippen LogP contribution in [0.5, 0.6) is 5.75 Å². The van der Waals surface area contributed by atoms with E-state index < -0.39 is 0 Å². The van der Waals surface area contributed by atoms with Crippen molar-refractivity contribution in [3.05, 3.63) is 65.3 Å². The van der Waals surface area contributed by atoms with Crippen molar-refractivity contribution in [3.63, 3.8) is 0 Å². The number of pyridine rings is 1. The molecule has 0 saturated carbocycles. The van der Waals surface area contributed by atoms with Crippen LogP contribution >= 0.6 is 11.6 Å². The highest BCUT2D eigenvalue weighted by Crippen LogP contribution is 2.30. The van der Waals surface area contributed by atoms with Gasteiger partial charge in [0.15, 0.2) is 0 Å². The van der Waals surface area contributed by atoms with E-state index in [1.807, 2.05) is 31.2 Å². The van der Waals surface area contributed by atoms with Gasteiger partial charge in [0.1, 0.15) is 11.3 Å². The van der Waals surface area contributed by atoms with Gasteiger partial charge in [0.2, 0.25) is 0 Å². The van der Waals surface area contributed by atoms with Crippen molar-refractivity contribution in [1.82, 2.24) is 4.98 Å². The number of aromatic nitrogens is 1. The summed E-state index contributed by atoms with van der Waals surface area (Å²) in [4.78, 5) is 16.8. The Hall–Kier alpha value is -2.59. The Morgan fingerprint density at radius 2 is 2.09 bits per heavy atom. The number of nitrogens with one attached hydrogen (secondary N) is 1. The number of amides is 1. The number of nitrogens with zero attached hydrogens (tertiary/aromatic N) is 1. The molecule has 1 aromatic heterocycles. The molecule has 0 atom stereocenters. The third kappa shape index (κ3) is 3.27. The minimum absolute atomic E-state index is 0.221. The zero-order valence-corrected chi connectivity index (χ0v) is 13.3. The van der Waals surface area contributed by atoms with E-state index in [1.54, 1.807) is 30.5 Å². The molecule has 23 heavy (non-hydrogen) atoms. The van der Waals surface area contributed by atoms with E-state index in [-0.39, 0.29) is 5.91 Å². The minimum atomic E-state index is -0.221. The Morgan fingerprint density at radius 3 is 2.87 bits per heavy atom. The number of rotatable bonds is 4. The van der Waals surface area contributed by atoms with Crippen molar-refractivity contribution in [2.24, 2.45) is 0 Å². The van der Waals surface area contributed by atoms with Gasteiger partial charge in [0.25, 0.3) is 5.91 Å². The fourth-order valence-electron chi connectivity index (χ4n) is 2.35. The molecule has 116 valence electrons. The maximum Gasteiger partial charge on any atom is 0.255 e.